The third kappa shape index (κ3) is 3.06. The summed E-state index contributed by atoms with van der Waals surface area (Å²) in [7, 11) is 3.64. The molecule has 0 bridgehead atoms. The van der Waals surface area contributed by atoms with Gasteiger partial charge in [0.1, 0.15) is 23.3 Å². The van der Waals surface area contributed by atoms with Crippen molar-refractivity contribution < 1.29 is 0 Å². The number of nitrogens with one attached hydrogen (secondary N) is 2. The van der Waals surface area contributed by atoms with Crippen molar-refractivity contribution in [2.75, 3.05) is 17.7 Å². The average Bonchev–Trinajstić information content (AvgIpc) is 3.01. The van der Waals surface area contributed by atoms with Crippen LogP contribution in [0.4, 0.5) is 17.3 Å². The molecule has 3 heterocycles. The molecule has 0 saturated carbocycles. The number of aromatic nitrogens is 6. The van der Waals surface area contributed by atoms with Gasteiger partial charge in [0.2, 0.25) is 0 Å². The van der Waals surface area contributed by atoms with Crippen LogP contribution >= 0.6 is 0 Å². The first-order chi connectivity index (χ1) is 11.2. The summed E-state index contributed by atoms with van der Waals surface area (Å²) in [6.45, 7) is 0. The van der Waals surface area contributed by atoms with E-state index in [4.69, 9.17) is 5.26 Å². The number of nitriles is 1. The Morgan fingerprint density at radius 1 is 1.17 bits per heavy atom. The number of aryl methyl sites for hydroxylation is 1. The van der Waals surface area contributed by atoms with Crippen LogP contribution < -0.4 is 10.6 Å². The number of nitrogens with zero attached hydrogens (tertiary/aromatic N) is 7. The molecule has 0 fully saturated rings. The second-order valence-electron chi connectivity index (χ2n) is 4.64. The Hall–Kier alpha value is -3.54. The minimum absolute atomic E-state index is 0.253. The number of anilines is 3. The molecule has 2 N–H and O–H groups in total. The molecular formula is C14H13N9. The molecule has 0 saturated heterocycles. The first kappa shape index (κ1) is 14.4. The molecule has 0 atom stereocenters. The maximum atomic E-state index is 8.72. The quantitative estimate of drug-likeness (QED) is 0.741. The Morgan fingerprint density at radius 3 is 2.65 bits per heavy atom. The Balaban J connectivity index is 1.88. The number of hydrogen-bond donors (Lipinski definition) is 2. The van der Waals surface area contributed by atoms with Crippen LogP contribution in [0.2, 0.25) is 0 Å². The van der Waals surface area contributed by atoms with E-state index in [1.807, 2.05) is 25.4 Å². The minimum atomic E-state index is 0.253. The lowest BCUT2D eigenvalue weighted by Crippen LogP contribution is -2.03. The van der Waals surface area contributed by atoms with Gasteiger partial charge in [-0.15, -0.1) is 10.2 Å². The van der Waals surface area contributed by atoms with E-state index in [0.717, 1.165) is 11.4 Å². The fourth-order valence-electron chi connectivity index (χ4n) is 1.96. The van der Waals surface area contributed by atoms with Crippen molar-refractivity contribution in [3.05, 3.63) is 36.4 Å². The number of rotatable bonds is 4. The molecule has 3 aromatic heterocycles. The fraction of sp³-hybridized carbons (Fsp3) is 0.143. The Kier molecular flexibility index (Phi) is 3.80. The average molecular weight is 307 g/mol. The van der Waals surface area contributed by atoms with Gasteiger partial charge in [-0.1, -0.05) is 0 Å². The predicted molar refractivity (Wildman–Crippen MR) is 83.8 cm³/mol. The fourth-order valence-corrected chi connectivity index (χ4v) is 1.96. The molecule has 3 rings (SSSR count). The van der Waals surface area contributed by atoms with Crippen LogP contribution in [-0.2, 0) is 7.05 Å². The van der Waals surface area contributed by atoms with Crippen molar-refractivity contribution in [3.63, 3.8) is 0 Å². The summed E-state index contributed by atoms with van der Waals surface area (Å²) in [6.07, 6.45) is 4.69. The highest BCUT2D eigenvalue weighted by molar-refractivity contribution is 5.73. The molecule has 0 aliphatic heterocycles. The van der Waals surface area contributed by atoms with E-state index in [1.165, 1.54) is 12.4 Å². The van der Waals surface area contributed by atoms with Gasteiger partial charge >= 0.3 is 0 Å². The van der Waals surface area contributed by atoms with E-state index in [-0.39, 0.29) is 5.69 Å². The second-order valence-corrected chi connectivity index (χ2v) is 4.64. The van der Waals surface area contributed by atoms with Gasteiger partial charge in [0.25, 0.3) is 0 Å². The van der Waals surface area contributed by atoms with E-state index in [0.29, 0.717) is 17.3 Å². The molecule has 9 heteroatoms. The highest BCUT2D eigenvalue weighted by Crippen LogP contribution is 2.25. The van der Waals surface area contributed by atoms with E-state index in [2.05, 4.69) is 35.9 Å². The van der Waals surface area contributed by atoms with Gasteiger partial charge in [-0.3, -0.25) is 4.68 Å². The highest BCUT2D eigenvalue weighted by atomic mass is 15.3. The third-order valence-electron chi connectivity index (χ3n) is 3.04. The van der Waals surface area contributed by atoms with Gasteiger partial charge in [0, 0.05) is 26.4 Å². The van der Waals surface area contributed by atoms with E-state index < -0.39 is 0 Å². The maximum absolute atomic E-state index is 8.72. The predicted octanol–water partition coefficient (Wildman–Crippen LogP) is 1.32. The Bertz CT molecular complexity index is 861. The Labute approximate surface area is 132 Å². The molecular weight excluding hydrogens is 294 g/mol. The zero-order chi connectivity index (χ0) is 16.2. The van der Waals surface area contributed by atoms with E-state index in [9.17, 15) is 0 Å². The van der Waals surface area contributed by atoms with Crippen molar-refractivity contribution >= 4 is 17.3 Å². The SMILES string of the molecule is CNc1cc(Nc2cnc(C#N)cn2)nnc1-c1ccn(C)n1. The van der Waals surface area contributed by atoms with Gasteiger partial charge in [-0.2, -0.15) is 10.4 Å². The topological polar surface area (TPSA) is 117 Å². The monoisotopic (exact) mass is 307 g/mol. The lowest BCUT2D eigenvalue weighted by atomic mass is 10.2. The molecule has 0 aliphatic carbocycles. The van der Waals surface area contributed by atoms with Crippen molar-refractivity contribution in [2.24, 2.45) is 7.05 Å². The van der Waals surface area contributed by atoms with Gasteiger partial charge in [-0.05, 0) is 6.07 Å². The van der Waals surface area contributed by atoms with E-state index in [1.54, 1.807) is 17.8 Å². The third-order valence-corrected chi connectivity index (χ3v) is 3.04. The standard InChI is InChI=1S/C14H13N9/c1-16-11-5-12(19-13-8-17-9(6-15)7-18-13)20-21-14(11)10-3-4-23(2)22-10/h3-5,7-8H,1-2H3,(H2,16,18,19,20). The summed E-state index contributed by atoms with van der Waals surface area (Å²) in [4.78, 5) is 8.03. The molecule has 0 spiro atoms. The molecule has 0 amide bonds. The summed E-state index contributed by atoms with van der Waals surface area (Å²) in [5.41, 5.74) is 2.42. The van der Waals surface area contributed by atoms with E-state index >= 15 is 0 Å². The molecule has 0 aromatic carbocycles. The maximum Gasteiger partial charge on any atom is 0.158 e. The Morgan fingerprint density at radius 2 is 2.04 bits per heavy atom. The molecule has 114 valence electrons. The van der Waals surface area contributed by atoms with Crippen LogP contribution in [-0.4, -0.2) is 37.0 Å². The molecule has 0 radical (unpaired) electrons. The summed E-state index contributed by atoms with van der Waals surface area (Å²) < 4.78 is 1.70. The lowest BCUT2D eigenvalue weighted by Gasteiger charge is -2.09. The van der Waals surface area contributed by atoms with Crippen molar-refractivity contribution in [2.45, 2.75) is 0 Å². The smallest absolute Gasteiger partial charge is 0.158 e. The molecule has 3 aromatic rings. The van der Waals surface area contributed by atoms with Crippen LogP contribution in [0.3, 0.4) is 0 Å². The largest absolute Gasteiger partial charge is 0.386 e. The lowest BCUT2D eigenvalue weighted by molar-refractivity contribution is 0.769. The highest BCUT2D eigenvalue weighted by Gasteiger charge is 2.11. The van der Waals surface area contributed by atoms with Crippen molar-refractivity contribution in [1.82, 2.24) is 29.9 Å². The summed E-state index contributed by atoms with van der Waals surface area (Å²) in [5, 5.41) is 27.4. The number of hydrogen-bond acceptors (Lipinski definition) is 8. The van der Waals surface area contributed by atoms with Crippen LogP contribution in [0.25, 0.3) is 11.4 Å². The molecule has 23 heavy (non-hydrogen) atoms. The van der Waals surface area contributed by atoms with Crippen LogP contribution in [0, 0.1) is 11.3 Å². The molecule has 0 aliphatic rings. The van der Waals surface area contributed by atoms with Crippen LogP contribution in [0.5, 0.6) is 0 Å². The minimum Gasteiger partial charge on any atom is -0.386 e. The second kappa shape index (κ2) is 6.07. The van der Waals surface area contributed by atoms with Gasteiger partial charge < -0.3 is 10.6 Å². The zero-order valence-electron chi connectivity index (χ0n) is 12.5. The van der Waals surface area contributed by atoms with Gasteiger partial charge in [0.05, 0.1) is 18.1 Å². The van der Waals surface area contributed by atoms with Crippen molar-refractivity contribution in [3.8, 4) is 17.5 Å². The van der Waals surface area contributed by atoms with Gasteiger partial charge in [0.15, 0.2) is 11.5 Å². The summed E-state index contributed by atoms with van der Waals surface area (Å²) in [5.74, 6) is 0.985. The van der Waals surface area contributed by atoms with Gasteiger partial charge in [-0.25, -0.2) is 9.97 Å². The first-order valence-electron chi connectivity index (χ1n) is 6.74. The summed E-state index contributed by atoms with van der Waals surface area (Å²) in [6, 6.07) is 5.58. The van der Waals surface area contributed by atoms with Crippen molar-refractivity contribution in [1.29, 1.82) is 5.26 Å². The molecule has 0 unspecified atom stereocenters. The van der Waals surface area contributed by atoms with Crippen LogP contribution in [0.1, 0.15) is 5.69 Å². The van der Waals surface area contributed by atoms with Crippen LogP contribution in [0.15, 0.2) is 30.7 Å². The normalized spacial score (nSPS) is 10.1. The first-order valence-corrected chi connectivity index (χ1v) is 6.74. The zero-order valence-corrected chi connectivity index (χ0v) is 12.5. The molecule has 9 nitrogen and oxygen atoms in total. The summed E-state index contributed by atoms with van der Waals surface area (Å²) >= 11 is 0.